The Kier molecular flexibility index (Phi) is 4.57. The predicted octanol–water partition coefficient (Wildman–Crippen LogP) is 2.91. The second kappa shape index (κ2) is 6.16. The molecule has 0 aliphatic heterocycles. The first-order valence-electron chi connectivity index (χ1n) is 6.63. The molecule has 24 heavy (non-hydrogen) atoms. The van der Waals surface area contributed by atoms with E-state index in [1.165, 1.54) is 32.3 Å². The van der Waals surface area contributed by atoms with Gasteiger partial charge in [0.2, 0.25) is 0 Å². The van der Waals surface area contributed by atoms with Crippen LogP contribution in [-0.4, -0.2) is 29.2 Å². The van der Waals surface area contributed by atoms with Gasteiger partial charge >= 0.3 is 6.36 Å². The number of hydrogen-bond acceptors (Lipinski definition) is 5. The van der Waals surface area contributed by atoms with E-state index in [1.54, 1.807) is 6.07 Å². The fourth-order valence-electron chi connectivity index (χ4n) is 1.83. The molecule has 0 saturated heterocycles. The van der Waals surface area contributed by atoms with Crippen LogP contribution in [0.15, 0.2) is 30.6 Å². The number of nitriles is 1. The second-order valence-corrected chi connectivity index (χ2v) is 7.45. The fourth-order valence-corrected chi connectivity index (χ4v) is 2.70. The van der Waals surface area contributed by atoms with Crippen LogP contribution in [0, 0.1) is 11.3 Å². The highest BCUT2D eigenvalue weighted by Gasteiger charge is 2.31. The van der Waals surface area contributed by atoms with Crippen molar-refractivity contribution in [2.24, 2.45) is 0 Å². The SMILES string of the molecule is CC(C)S(=O)(=O)n1cc(-c2cc(C#N)cc(OC(F)(F)F)c2)cn1. The van der Waals surface area contributed by atoms with E-state index >= 15 is 0 Å². The summed E-state index contributed by atoms with van der Waals surface area (Å²) in [7, 11) is -3.69. The van der Waals surface area contributed by atoms with Gasteiger partial charge in [0.25, 0.3) is 10.0 Å². The van der Waals surface area contributed by atoms with Gasteiger partial charge in [0.15, 0.2) is 0 Å². The number of halogens is 3. The Bertz CT molecular complexity index is 896. The van der Waals surface area contributed by atoms with Crippen molar-refractivity contribution in [2.75, 3.05) is 0 Å². The van der Waals surface area contributed by atoms with E-state index in [4.69, 9.17) is 5.26 Å². The lowest BCUT2D eigenvalue weighted by Gasteiger charge is -2.10. The number of ether oxygens (including phenoxy) is 1. The number of benzene rings is 1. The topological polar surface area (TPSA) is 85.0 Å². The molecule has 10 heteroatoms. The van der Waals surface area contributed by atoms with Crippen LogP contribution in [0.4, 0.5) is 13.2 Å². The van der Waals surface area contributed by atoms with Gasteiger partial charge in [-0.15, -0.1) is 13.2 Å². The predicted molar refractivity (Wildman–Crippen MR) is 78.5 cm³/mol. The lowest BCUT2D eigenvalue weighted by Crippen LogP contribution is -2.22. The summed E-state index contributed by atoms with van der Waals surface area (Å²) in [4.78, 5) is 0. The van der Waals surface area contributed by atoms with E-state index in [-0.39, 0.29) is 16.7 Å². The van der Waals surface area contributed by atoms with Crippen LogP contribution in [0.5, 0.6) is 5.75 Å². The van der Waals surface area contributed by atoms with Crippen LogP contribution in [-0.2, 0) is 10.0 Å². The minimum Gasteiger partial charge on any atom is -0.406 e. The Morgan fingerprint density at radius 1 is 1.25 bits per heavy atom. The summed E-state index contributed by atoms with van der Waals surface area (Å²) in [6.45, 7) is 2.95. The molecule has 1 heterocycles. The summed E-state index contributed by atoms with van der Waals surface area (Å²) < 4.78 is 65.7. The van der Waals surface area contributed by atoms with E-state index in [0.717, 1.165) is 16.2 Å². The molecular weight excluding hydrogens is 347 g/mol. The molecule has 128 valence electrons. The van der Waals surface area contributed by atoms with Gasteiger partial charge in [-0.3, -0.25) is 0 Å². The molecule has 0 unspecified atom stereocenters. The zero-order valence-corrected chi connectivity index (χ0v) is 13.4. The minimum absolute atomic E-state index is 0.0637. The Morgan fingerprint density at radius 2 is 1.92 bits per heavy atom. The first kappa shape index (κ1) is 17.8. The third-order valence-electron chi connectivity index (χ3n) is 3.02. The molecule has 1 aromatic heterocycles. The molecule has 0 aliphatic rings. The number of alkyl halides is 3. The monoisotopic (exact) mass is 359 g/mol. The molecular formula is C14H12F3N3O3S. The van der Waals surface area contributed by atoms with E-state index in [1.807, 2.05) is 0 Å². The lowest BCUT2D eigenvalue weighted by molar-refractivity contribution is -0.274. The molecule has 0 aliphatic carbocycles. The van der Waals surface area contributed by atoms with E-state index in [9.17, 15) is 21.6 Å². The standard InChI is InChI=1S/C14H12F3N3O3S/c1-9(2)24(21,22)20-8-12(7-19-20)11-3-10(6-18)4-13(5-11)23-14(15,16)17/h3-5,7-9H,1-2H3. The van der Waals surface area contributed by atoms with Crippen molar-refractivity contribution >= 4 is 10.0 Å². The molecule has 0 fully saturated rings. The summed E-state index contributed by atoms with van der Waals surface area (Å²) in [5.41, 5.74) is 0.355. The Balaban J connectivity index is 2.48. The average Bonchev–Trinajstić information content (AvgIpc) is 2.95. The number of hydrogen-bond donors (Lipinski definition) is 0. The van der Waals surface area contributed by atoms with Crippen molar-refractivity contribution < 1.29 is 26.3 Å². The highest BCUT2D eigenvalue weighted by atomic mass is 32.2. The van der Waals surface area contributed by atoms with Gasteiger partial charge in [0.1, 0.15) is 5.75 Å². The maximum absolute atomic E-state index is 12.4. The van der Waals surface area contributed by atoms with Crippen LogP contribution in [0.3, 0.4) is 0 Å². The van der Waals surface area contributed by atoms with Gasteiger partial charge < -0.3 is 4.74 Å². The van der Waals surface area contributed by atoms with Crippen LogP contribution < -0.4 is 4.74 Å². The largest absolute Gasteiger partial charge is 0.573 e. The van der Waals surface area contributed by atoms with E-state index in [0.29, 0.717) is 0 Å². The van der Waals surface area contributed by atoms with Gasteiger partial charge in [-0.2, -0.15) is 14.4 Å². The van der Waals surface area contributed by atoms with Gasteiger partial charge in [0, 0.05) is 5.56 Å². The summed E-state index contributed by atoms with van der Waals surface area (Å²) >= 11 is 0. The highest BCUT2D eigenvalue weighted by Crippen LogP contribution is 2.29. The Labute approximate surface area is 136 Å². The summed E-state index contributed by atoms with van der Waals surface area (Å²) in [5, 5.41) is 11.9. The molecule has 0 amide bonds. The first-order chi connectivity index (χ1) is 11.0. The Morgan fingerprint density at radius 3 is 2.46 bits per heavy atom. The summed E-state index contributed by atoms with van der Waals surface area (Å²) in [6.07, 6.45) is -2.55. The molecule has 0 saturated carbocycles. The van der Waals surface area contributed by atoms with Crippen LogP contribution >= 0.6 is 0 Å². The van der Waals surface area contributed by atoms with Gasteiger partial charge in [0.05, 0.1) is 29.3 Å². The van der Waals surface area contributed by atoms with Crippen molar-refractivity contribution in [1.29, 1.82) is 5.26 Å². The van der Waals surface area contributed by atoms with Crippen LogP contribution in [0.2, 0.25) is 0 Å². The van der Waals surface area contributed by atoms with Crippen molar-refractivity contribution in [1.82, 2.24) is 9.19 Å². The third-order valence-corrected chi connectivity index (χ3v) is 4.93. The average molecular weight is 359 g/mol. The maximum Gasteiger partial charge on any atom is 0.573 e. The molecule has 0 atom stereocenters. The van der Waals surface area contributed by atoms with Gasteiger partial charge in [-0.25, -0.2) is 8.42 Å². The number of rotatable bonds is 4. The van der Waals surface area contributed by atoms with Crippen molar-refractivity contribution in [3.63, 3.8) is 0 Å². The van der Waals surface area contributed by atoms with E-state index < -0.39 is 27.4 Å². The molecule has 0 N–H and O–H groups in total. The molecule has 0 radical (unpaired) electrons. The molecule has 0 bridgehead atoms. The normalized spacial score (nSPS) is 12.2. The number of nitrogens with zero attached hydrogens (tertiary/aromatic N) is 3. The zero-order valence-electron chi connectivity index (χ0n) is 12.6. The highest BCUT2D eigenvalue weighted by molar-refractivity contribution is 7.90. The second-order valence-electron chi connectivity index (χ2n) is 5.10. The van der Waals surface area contributed by atoms with Crippen molar-refractivity contribution in [2.45, 2.75) is 25.5 Å². The van der Waals surface area contributed by atoms with E-state index in [2.05, 4.69) is 9.84 Å². The van der Waals surface area contributed by atoms with Gasteiger partial charge in [-0.1, -0.05) is 0 Å². The fraction of sp³-hybridized carbons (Fsp3) is 0.286. The molecule has 6 nitrogen and oxygen atoms in total. The maximum atomic E-state index is 12.4. The van der Waals surface area contributed by atoms with Gasteiger partial charge in [-0.05, 0) is 37.6 Å². The third kappa shape index (κ3) is 3.86. The molecule has 2 rings (SSSR count). The Hall–Kier alpha value is -2.54. The molecule has 1 aromatic carbocycles. The smallest absolute Gasteiger partial charge is 0.406 e. The van der Waals surface area contributed by atoms with Crippen LogP contribution in [0.1, 0.15) is 19.4 Å². The lowest BCUT2D eigenvalue weighted by atomic mass is 10.1. The first-order valence-corrected chi connectivity index (χ1v) is 8.13. The van der Waals surface area contributed by atoms with Crippen molar-refractivity contribution in [3.8, 4) is 22.9 Å². The summed E-state index contributed by atoms with van der Waals surface area (Å²) in [6, 6.07) is 5.03. The van der Waals surface area contributed by atoms with Crippen molar-refractivity contribution in [3.05, 3.63) is 36.2 Å². The van der Waals surface area contributed by atoms with Crippen LogP contribution in [0.25, 0.3) is 11.1 Å². The number of aromatic nitrogens is 2. The quantitative estimate of drug-likeness (QED) is 0.838. The molecule has 2 aromatic rings. The minimum atomic E-state index is -4.91. The zero-order chi connectivity index (χ0) is 18.1. The molecule has 0 spiro atoms. The summed E-state index contributed by atoms with van der Waals surface area (Å²) in [5.74, 6) is -0.573.